The highest BCUT2D eigenvalue weighted by Gasteiger charge is 2.16. The van der Waals surface area contributed by atoms with Crippen LogP contribution in [0.2, 0.25) is 0 Å². The number of sulfonamides is 1. The summed E-state index contributed by atoms with van der Waals surface area (Å²) in [5, 5.41) is 2.85. The second-order valence-electron chi connectivity index (χ2n) is 5.85. The fourth-order valence-corrected chi connectivity index (χ4v) is 3.70. The van der Waals surface area contributed by atoms with Crippen LogP contribution in [-0.4, -0.2) is 20.9 Å². The molecule has 0 aliphatic carbocycles. The van der Waals surface area contributed by atoms with Gasteiger partial charge in [0.15, 0.2) is 0 Å². The van der Waals surface area contributed by atoms with E-state index in [4.69, 9.17) is 0 Å². The lowest BCUT2D eigenvalue weighted by molar-refractivity contribution is -0.115. The fourth-order valence-electron chi connectivity index (χ4n) is 2.61. The first-order valence-electron chi connectivity index (χ1n) is 8.34. The average Bonchev–Trinajstić information content (AvgIpc) is 2.60. The van der Waals surface area contributed by atoms with Crippen LogP contribution < -0.4 is 10.0 Å². The van der Waals surface area contributed by atoms with Gasteiger partial charge in [0, 0.05) is 5.69 Å². The Morgan fingerprint density at radius 2 is 1.60 bits per heavy atom. The van der Waals surface area contributed by atoms with Crippen LogP contribution in [0.25, 0.3) is 0 Å². The molecule has 0 unspecified atom stereocenters. The third kappa shape index (κ3) is 4.90. The third-order valence-electron chi connectivity index (χ3n) is 3.99. The fraction of sp³-hybridized carbons (Fsp3) is 0.316. The molecule has 0 aromatic heterocycles. The zero-order valence-electron chi connectivity index (χ0n) is 14.8. The number of hydrogen-bond donors (Lipinski definition) is 2. The molecule has 0 spiro atoms. The molecule has 6 heteroatoms. The molecule has 0 atom stereocenters. The van der Waals surface area contributed by atoms with Crippen molar-refractivity contribution < 1.29 is 13.2 Å². The van der Waals surface area contributed by atoms with Crippen molar-refractivity contribution in [2.45, 2.75) is 38.5 Å². The number of aryl methyl sites for hydroxylation is 3. The Morgan fingerprint density at radius 3 is 2.16 bits per heavy atom. The van der Waals surface area contributed by atoms with Gasteiger partial charge < -0.3 is 5.32 Å². The molecule has 0 heterocycles. The number of anilines is 1. The van der Waals surface area contributed by atoms with Gasteiger partial charge in [0.2, 0.25) is 15.9 Å². The number of para-hydroxylation sites is 1. The Labute approximate surface area is 149 Å². The summed E-state index contributed by atoms with van der Waals surface area (Å²) in [5.74, 6) is -0.383. The molecule has 2 aromatic carbocycles. The van der Waals surface area contributed by atoms with Gasteiger partial charge in [-0.25, -0.2) is 13.1 Å². The van der Waals surface area contributed by atoms with Gasteiger partial charge in [-0.05, 0) is 48.6 Å². The van der Waals surface area contributed by atoms with Gasteiger partial charge in [0.25, 0.3) is 0 Å². The Hall–Kier alpha value is -2.18. The van der Waals surface area contributed by atoms with Crippen molar-refractivity contribution >= 4 is 21.6 Å². The van der Waals surface area contributed by atoms with Crippen LogP contribution in [0.15, 0.2) is 47.4 Å². The first-order valence-corrected chi connectivity index (χ1v) is 9.82. The molecule has 0 bridgehead atoms. The van der Waals surface area contributed by atoms with E-state index in [1.54, 1.807) is 12.1 Å². The molecule has 0 fully saturated rings. The summed E-state index contributed by atoms with van der Waals surface area (Å²) >= 11 is 0. The molecule has 134 valence electrons. The summed E-state index contributed by atoms with van der Waals surface area (Å²) in [6.45, 7) is 5.55. The van der Waals surface area contributed by atoms with Crippen LogP contribution in [0.3, 0.4) is 0 Å². The number of benzene rings is 2. The smallest absolute Gasteiger partial charge is 0.241 e. The summed E-state index contributed by atoms with van der Waals surface area (Å²) in [4.78, 5) is 12.4. The van der Waals surface area contributed by atoms with E-state index in [2.05, 4.69) is 10.0 Å². The highest BCUT2D eigenvalue weighted by Crippen LogP contribution is 2.22. The summed E-state index contributed by atoms with van der Waals surface area (Å²) in [6.07, 6.45) is 1.58. The molecule has 1 amide bonds. The van der Waals surface area contributed by atoms with Crippen LogP contribution in [-0.2, 0) is 27.7 Å². The monoisotopic (exact) mass is 360 g/mol. The molecular weight excluding hydrogens is 336 g/mol. The molecule has 0 saturated heterocycles. The molecular formula is C19H24N2O3S. The highest BCUT2D eigenvalue weighted by atomic mass is 32.2. The van der Waals surface area contributed by atoms with Crippen molar-refractivity contribution in [1.82, 2.24) is 4.72 Å². The Bertz CT molecular complexity index is 838. The topological polar surface area (TPSA) is 75.3 Å². The number of amides is 1. The minimum Gasteiger partial charge on any atom is -0.324 e. The molecule has 0 aliphatic rings. The van der Waals surface area contributed by atoms with Gasteiger partial charge in [-0.3, -0.25) is 4.79 Å². The van der Waals surface area contributed by atoms with Crippen LogP contribution in [0.5, 0.6) is 0 Å². The first-order chi connectivity index (χ1) is 11.9. The van der Waals surface area contributed by atoms with Crippen molar-refractivity contribution in [3.05, 3.63) is 59.2 Å². The maximum absolute atomic E-state index is 12.3. The summed E-state index contributed by atoms with van der Waals surface area (Å²) in [5.41, 5.74) is 3.70. The summed E-state index contributed by atoms with van der Waals surface area (Å²) < 4.78 is 27.0. The van der Waals surface area contributed by atoms with Crippen LogP contribution in [0.1, 0.15) is 30.5 Å². The van der Waals surface area contributed by atoms with E-state index in [0.717, 1.165) is 35.2 Å². The van der Waals surface area contributed by atoms with Crippen LogP contribution >= 0.6 is 0 Å². The molecule has 2 rings (SSSR count). The van der Waals surface area contributed by atoms with E-state index in [9.17, 15) is 13.2 Å². The molecule has 5 nitrogen and oxygen atoms in total. The van der Waals surface area contributed by atoms with E-state index >= 15 is 0 Å². The average molecular weight is 360 g/mol. The van der Waals surface area contributed by atoms with Crippen LogP contribution in [0, 0.1) is 6.92 Å². The molecule has 2 N–H and O–H groups in total. The van der Waals surface area contributed by atoms with E-state index < -0.39 is 10.0 Å². The number of hydrogen-bond acceptors (Lipinski definition) is 3. The zero-order chi connectivity index (χ0) is 18.4. The SMILES string of the molecule is CCc1cccc(CC)c1NC(=O)CNS(=O)(=O)c1cccc(C)c1. The second-order valence-corrected chi connectivity index (χ2v) is 7.61. The molecule has 25 heavy (non-hydrogen) atoms. The van der Waals surface area contributed by atoms with Gasteiger partial charge >= 0.3 is 0 Å². The van der Waals surface area contributed by atoms with E-state index in [0.29, 0.717) is 0 Å². The van der Waals surface area contributed by atoms with E-state index in [-0.39, 0.29) is 17.3 Å². The number of carbonyl (C=O) groups excluding carboxylic acids is 1. The Kier molecular flexibility index (Phi) is 6.33. The maximum atomic E-state index is 12.3. The lowest BCUT2D eigenvalue weighted by atomic mass is 10.0. The quantitative estimate of drug-likeness (QED) is 0.797. The van der Waals surface area contributed by atoms with E-state index in [1.807, 2.05) is 45.0 Å². The summed E-state index contributed by atoms with van der Waals surface area (Å²) in [7, 11) is -3.71. The predicted octanol–water partition coefficient (Wildman–Crippen LogP) is 3.04. The minimum absolute atomic E-state index is 0.156. The third-order valence-corrected chi connectivity index (χ3v) is 5.38. The molecule has 0 saturated carbocycles. The molecule has 0 aliphatic heterocycles. The van der Waals surface area contributed by atoms with Gasteiger partial charge in [0.05, 0.1) is 11.4 Å². The van der Waals surface area contributed by atoms with Crippen molar-refractivity contribution in [3.8, 4) is 0 Å². The van der Waals surface area contributed by atoms with Crippen LogP contribution in [0.4, 0.5) is 5.69 Å². The standard InChI is InChI=1S/C19H24N2O3S/c1-4-15-9-7-10-16(5-2)19(15)21-18(22)13-20-25(23,24)17-11-6-8-14(3)12-17/h6-12,20H,4-5,13H2,1-3H3,(H,21,22). The van der Waals surface area contributed by atoms with E-state index in [1.165, 1.54) is 6.07 Å². The predicted molar refractivity (Wildman–Crippen MR) is 100 cm³/mol. The molecule has 0 radical (unpaired) electrons. The first kappa shape index (κ1) is 19.1. The Morgan fingerprint density at radius 1 is 1.00 bits per heavy atom. The number of rotatable bonds is 7. The van der Waals surface area contributed by atoms with Crippen molar-refractivity contribution in [1.29, 1.82) is 0 Å². The van der Waals surface area contributed by atoms with Gasteiger partial charge in [0.1, 0.15) is 0 Å². The number of nitrogens with one attached hydrogen (secondary N) is 2. The van der Waals surface area contributed by atoms with Gasteiger partial charge in [-0.1, -0.05) is 44.2 Å². The lowest BCUT2D eigenvalue weighted by Crippen LogP contribution is -2.33. The maximum Gasteiger partial charge on any atom is 0.241 e. The van der Waals surface area contributed by atoms with Gasteiger partial charge in [-0.15, -0.1) is 0 Å². The second kappa shape index (κ2) is 8.27. The van der Waals surface area contributed by atoms with Crippen molar-refractivity contribution in [2.24, 2.45) is 0 Å². The largest absolute Gasteiger partial charge is 0.324 e. The summed E-state index contributed by atoms with van der Waals surface area (Å²) in [6, 6.07) is 12.5. The van der Waals surface area contributed by atoms with Crippen molar-refractivity contribution in [2.75, 3.05) is 11.9 Å². The zero-order valence-corrected chi connectivity index (χ0v) is 15.6. The highest BCUT2D eigenvalue weighted by molar-refractivity contribution is 7.89. The Balaban J connectivity index is 2.09. The van der Waals surface area contributed by atoms with Gasteiger partial charge in [-0.2, -0.15) is 0 Å². The van der Waals surface area contributed by atoms with Crippen molar-refractivity contribution in [3.63, 3.8) is 0 Å². The normalized spacial score (nSPS) is 11.3. The molecule has 2 aromatic rings. The lowest BCUT2D eigenvalue weighted by Gasteiger charge is -2.15. The number of carbonyl (C=O) groups is 1. The minimum atomic E-state index is -3.71.